The van der Waals surface area contributed by atoms with Crippen molar-refractivity contribution >= 4 is 5.97 Å². The second kappa shape index (κ2) is 4.20. The lowest BCUT2D eigenvalue weighted by Gasteiger charge is -2.05. The van der Waals surface area contributed by atoms with Crippen LogP contribution in [-0.2, 0) is 13.6 Å². The molecule has 0 saturated heterocycles. The lowest BCUT2D eigenvalue weighted by atomic mass is 10.2. The summed E-state index contributed by atoms with van der Waals surface area (Å²) in [6, 6.07) is 1.61. The Bertz CT molecular complexity index is 614. The minimum absolute atomic E-state index is 0.0863. The van der Waals surface area contributed by atoms with Crippen LogP contribution in [0, 0.1) is 0 Å². The van der Waals surface area contributed by atoms with Crippen LogP contribution in [0.2, 0.25) is 0 Å². The summed E-state index contributed by atoms with van der Waals surface area (Å²) in [7, 11) is 1.63. The van der Waals surface area contributed by atoms with Crippen molar-refractivity contribution in [3.05, 3.63) is 46.4 Å². The average Bonchev–Trinajstić information content (AvgIpc) is 2.64. The van der Waals surface area contributed by atoms with E-state index < -0.39 is 11.7 Å². The van der Waals surface area contributed by atoms with Crippen LogP contribution in [0.15, 0.2) is 29.5 Å². The summed E-state index contributed by atoms with van der Waals surface area (Å²) in [5.74, 6) is -1.06. The van der Waals surface area contributed by atoms with E-state index in [0.717, 1.165) is 0 Å². The number of carboxylic acids is 1. The Morgan fingerprint density at radius 1 is 1.53 bits per heavy atom. The maximum absolute atomic E-state index is 11.4. The Hall–Kier alpha value is -2.44. The maximum atomic E-state index is 11.4. The van der Waals surface area contributed by atoms with Crippen molar-refractivity contribution in [2.45, 2.75) is 6.54 Å². The number of rotatable bonds is 3. The molecule has 0 spiro atoms. The molecule has 2 rings (SSSR count). The molecule has 0 aliphatic rings. The van der Waals surface area contributed by atoms with Gasteiger partial charge in [0.1, 0.15) is 5.56 Å². The number of carbonyl (C=O) groups is 1. The largest absolute Gasteiger partial charge is 0.478 e. The van der Waals surface area contributed by atoms with E-state index in [-0.39, 0.29) is 12.1 Å². The van der Waals surface area contributed by atoms with Crippen molar-refractivity contribution in [3.8, 4) is 0 Å². The molecule has 0 aromatic carbocycles. The lowest BCUT2D eigenvalue weighted by molar-refractivity contribution is 0.0695. The number of aryl methyl sites for hydroxylation is 1. The number of aromatic nitrogens is 4. The van der Waals surface area contributed by atoms with Crippen LogP contribution in [0.4, 0.5) is 0 Å². The smallest absolute Gasteiger partial charge is 0.347 e. The fourth-order valence-corrected chi connectivity index (χ4v) is 1.50. The topological polar surface area (TPSA) is 90.0 Å². The van der Waals surface area contributed by atoms with Gasteiger partial charge in [0, 0.05) is 19.4 Å². The number of carboxylic acid groups (broad SMARTS) is 1. The van der Waals surface area contributed by atoms with Crippen LogP contribution in [0.5, 0.6) is 0 Å². The highest BCUT2D eigenvalue weighted by atomic mass is 16.4. The van der Waals surface area contributed by atoms with Gasteiger partial charge < -0.3 is 5.11 Å². The van der Waals surface area contributed by atoms with E-state index in [2.05, 4.69) is 10.1 Å². The molecule has 2 heterocycles. The Morgan fingerprint density at radius 3 is 2.94 bits per heavy atom. The summed E-state index contributed by atoms with van der Waals surface area (Å²) in [4.78, 5) is 26.0. The van der Waals surface area contributed by atoms with Crippen molar-refractivity contribution in [1.29, 1.82) is 0 Å². The first-order valence-corrected chi connectivity index (χ1v) is 4.85. The van der Waals surface area contributed by atoms with Gasteiger partial charge in [-0.15, -0.1) is 0 Å². The molecule has 7 nitrogen and oxygen atoms in total. The number of hydrogen-bond acceptors (Lipinski definition) is 4. The predicted molar refractivity (Wildman–Crippen MR) is 57.8 cm³/mol. The van der Waals surface area contributed by atoms with Crippen LogP contribution in [0.1, 0.15) is 16.1 Å². The Morgan fingerprint density at radius 2 is 2.29 bits per heavy atom. The first-order chi connectivity index (χ1) is 8.09. The zero-order valence-corrected chi connectivity index (χ0v) is 9.07. The third kappa shape index (κ3) is 2.07. The average molecular weight is 234 g/mol. The van der Waals surface area contributed by atoms with Crippen LogP contribution < -0.4 is 5.69 Å². The molecule has 0 unspecified atom stereocenters. The molecule has 0 radical (unpaired) electrons. The first-order valence-electron chi connectivity index (χ1n) is 4.85. The lowest BCUT2D eigenvalue weighted by Crippen LogP contribution is -2.23. The summed E-state index contributed by atoms with van der Waals surface area (Å²) in [6.07, 6.45) is 4.20. The van der Waals surface area contributed by atoms with Gasteiger partial charge in [-0.1, -0.05) is 0 Å². The predicted octanol–water partition coefficient (Wildman–Crippen LogP) is -0.277. The van der Waals surface area contributed by atoms with Gasteiger partial charge in [0.25, 0.3) is 0 Å². The number of hydrogen-bond donors (Lipinski definition) is 1. The highest BCUT2D eigenvalue weighted by Gasteiger charge is 2.15. The molecule has 0 aliphatic heterocycles. The molecule has 7 heteroatoms. The molecule has 0 aliphatic carbocycles. The van der Waals surface area contributed by atoms with E-state index >= 15 is 0 Å². The standard InChI is InChI=1S/C10H10N4O3/c1-13-8(7(5-12-13)9(15)16)6-14-4-2-3-11-10(14)17/h2-5H,6H2,1H3,(H,15,16). The normalized spacial score (nSPS) is 10.4. The van der Waals surface area contributed by atoms with Gasteiger partial charge in [0.2, 0.25) is 0 Å². The zero-order valence-electron chi connectivity index (χ0n) is 9.07. The highest BCUT2D eigenvalue weighted by Crippen LogP contribution is 2.08. The van der Waals surface area contributed by atoms with E-state index in [1.165, 1.54) is 21.6 Å². The van der Waals surface area contributed by atoms with Crippen LogP contribution in [0.25, 0.3) is 0 Å². The molecule has 0 saturated carbocycles. The van der Waals surface area contributed by atoms with Crippen molar-refractivity contribution in [1.82, 2.24) is 19.3 Å². The third-order valence-corrected chi connectivity index (χ3v) is 2.39. The Balaban J connectivity index is 2.43. The number of nitrogens with zero attached hydrogens (tertiary/aromatic N) is 4. The quantitative estimate of drug-likeness (QED) is 0.789. The molecule has 17 heavy (non-hydrogen) atoms. The summed E-state index contributed by atoms with van der Waals surface area (Å²) >= 11 is 0. The summed E-state index contributed by atoms with van der Waals surface area (Å²) in [5, 5.41) is 12.8. The summed E-state index contributed by atoms with van der Waals surface area (Å²) in [5.41, 5.74) is 0.112. The second-order valence-electron chi connectivity index (χ2n) is 3.46. The van der Waals surface area contributed by atoms with Crippen LogP contribution >= 0.6 is 0 Å². The van der Waals surface area contributed by atoms with Crippen LogP contribution in [-0.4, -0.2) is 30.4 Å². The van der Waals surface area contributed by atoms with E-state index in [9.17, 15) is 9.59 Å². The third-order valence-electron chi connectivity index (χ3n) is 2.39. The van der Waals surface area contributed by atoms with Crippen molar-refractivity contribution < 1.29 is 9.90 Å². The van der Waals surface area contributed by atoms with Gasteiger partial charge in [-0.3, -0.25) is 9.25 Å². The first kappa shape index (κ1) is 11.1. The molecular formula is C10H10N4O3. The molecule has 1 N–H and O–H groups in total. The molecule has 0 fully saturated rings. The minimum atomic E-state index is -1.06. The zero-order chi connectivity index (χ0) is 12.4. The Labute approximate surface area is 96.0 Å². The fourth-order valence-electron chi connectivity index (χ4n) is 1.50. The number of aromatic carboxylic acids is 1. The summed E-state index contributed by atoms with van der Waals surface area (Å²) < 4.78 is 2.76. The van der Waals surface area contributed by atoms with Gasteiger partial charge in [-0.25, -0.2) is 14.6 Å². The van der Waals surface area contributed by atoms with Crippen LogP contribution in [0.3, 0.4) is 0 Å². The van der Waals surface area contributed by atoms with Gasteiger partial charge in [0.05, 0.1) is 18.4 Å². The summed E-state index contributed by atoms with van der Waals surface area (Å²) in [6.45, 7) is 0.130. The molecule has 2 aromatic rings. The van der Waals surface area contributed by atoms with E-state index in [1.807, 2.05) is 0 Å². The van der Waals surface area contributed by atoms with Crippen molar-refractivity contribution in [2.75, 3.05) is 0 Å². The van der Waals surface area contributed by atoms with Gasteiger partial charge in [0.15, 0.2) is 0 Å². The monoisotopic (exact) mass is 234 g/mol. The maximum Gasteiger partial charge on any atom is 0.347 e. The van der Waals surface area contributed by atoms with Gasteiger partial charge in [-0.05, 0) is 6.07 Å². The van der Waals surface area contributed by atoms with E-state index in [0.29, 0.717) is 5.69 Å². The highest BCUT2D eigenvalue weighted by molar-refractivity contribution is 5.88. The van der Waals surface area contributed by atoms with E-state index in [1.54, 1.807) is 19.3 Å². The molecule has 0 amide bonds. The fraction of sp³-hybridized carbons (Fsp3) is 0.200. The minimum Gasteiger partial charge on any atom is -0.478 e. The Kier molecular flexibility index (Phi) is 2.73. The SMILES string of the molecule is Cn1ncc(C(=O)O)c1Cn1cccnc1=O. The van der Waals surface area contributed by atoms with Crippen molar-refractivity contribution in [2.24, 2.45) is 7.05 Å². The molecule has 2 aromatic heterocycles. The van der Waals surface area contributed by atoms with Gasteiger partial charge in [-0.2, -0.15) is 5.10 Å². The van der Waals surface area contributed by atoms with E-state index in [4.69, 9.17) is 5.11 Å². The van der Waals surface area contributed by atoms with Crippen molar-refractivity contribution in [3.63, 3.8) is 0 Å². The molecule has 0 bridgehead atoms. The molecule has 0 atom stereocenters. The second-order valence-corrected chi connectivity index (χ2v) is 3.46. The van der Waals surface area contributed by atoms with Gasteiger partial charge >= 0.3 is 11.7 Å². The molecule has 88 valence electrons. The molecular weight excluding hydrogens is 224 g/mol.